The van der Waals surface area contributed by atoms with Gasteiger partial charge >= 0.3 is 17.9 Å². The lowest BCUT2D eigenvalue weighted by Crippen LogP contribution is -2.36. The normalized spacial score (nSPS) is 28.1. The molecule has 9 nitrogen and oxygen atoms in total. The molecule has 0 aromatic carbocycles. The van der Waals surface area contributed by atoms with Gasteiger partial charge in [-0.3, -0.25) is 24.1 Å². The monoisotopic (exact) mass is 246 g/mol. The van der Waals surface area contributed by atoms with Crippen LogP contribution in [0.4, 0.5) is 0 Å². The molecule has 0 spiro atoms. The molecule has 9 heteroatoms. The molecule has 0 bridgehead atoms. The van der Waals surface area contributed by atoms with Crippen molar-refractivity contribution in [2.45, 2.75) is 24.5 Å². The Hall–Kier alpha value is -2.16. The topological polar surface area (TPSA) is 158 Å². The molecule has 3 atom stereocenters. The van der Waals surface area contributed by atoms with Crippen LogP contribution < -0.4 is 5.73 Å². The van der Waals surface area contributed by atoms with Crippen molar-refractivity contribution in [3.8, 4) is 0 Å². The molecule has 1 aliphatic rings. The molecule has 0 aliphatic carbocycles. The van der Waals surface area contributed by atoms with E-state index < -0.39 is 48.4 Å². The second-order valence-electron chi connectivity index (χ2n) is 3.54. The zero-order valence-electron chi connectivity index (χ0n) is 8.44. The maximum Gasteiger partial charge on any atom is 0.323 e. The number of carboxylic acids is 3. The first-order chi connectivity index (χ1) is 7.77. The van der Waals surface area contributed by atoms with Gasteiger partial charge in [0.25, 0.3) is 0 Å². The summed E-state index contributed by atoms with van der Waals surface area (Å²) < 4.78 is 0. The third kappa shape index (κ3) is 2.50. The third-order valence-electron chi connectivity index (χ3n) is 2.40. The molecule has 1 aliphatic heterocycles. The van der Waals surface area contributed by atoms with Gasteiger partial charge in [0.1, 0.15) is 18.1 Å². The van der Waals surface area contributed by atoms with E-state index in [-0.39, 0.29) is 0 Å². The predicted molar refractivity (Wildman–Crippen MR) is 49.9 cm³/mol. The Morgan fingerprint density at radius 3 is 1.71 bits per heavy atom. The standard InChI is InChI=1S/C8H10N2O7/c9-3(11)1-2(6(12)13)10-4(7(14)15)5(10)8(16)17/h2,4-5H,1H2,(H2,9,11)(H,12,13)(H,14,15)(H,16,17)/t2-,4?,5?,10?/m1/s1. The van der Waals surface area contributed by atoms with Gasteiger partial charge in [0.15, 0.2) is 0 Å². The number of rotatable bonds is 6. The number of amides is 1. The number of aliphatic carboxylic acids is 3. The molecule has 5 N–H and O–H groups in total. The molecular weight excluding hydrogens is 236 g/mol. The zero-order valence-corrected chi connectivity index (χ0v) is 8.44. The second-order valence-corrected chi connectivity index (χ2v) is 3.54. The summed E-state index contributed by atoms with van der Waals surface area (Å²) in [6.45, 7) is 0. The quantitative estimate of drug-likeness (QED) is 0.375. The van der Waals surface area contributed by atoms with Gasteiger partial charge in [-0.2, -0.15) is 0 Å². The van der Waals surface area contributed by atoms with Crippen LogP contribution in [0.1, 0.15) is 6.42 Å². The Bertz CT molecular complexity index is 373. The Labute approximate surface area is 94.4 Å². The van der Waals surface area contributed by atoms with Crippen LogP contribution in [-0.2, 0) is 19.2 Å². The third-order valence-corrected chi connectivity index (χ3v) is 2.40. The lowest BCUT2D eigenvalue weighted by Gasteiger charge is -2.11. The van der Waals surface area contributed by atoms with Crippen LogP contribution in [0.5, 0.6) is 0 Å². The molecule has 1 fully saturated rings. The average molecular weight is 246 g/mol. The average Bonchev–Trinajstić information content (AvgIpc) is 2.87. The fourth-order valence-electron chi connectivity index (χ4n) is 1.67. The van der Waals surface area contributed by atoms with E-state index in [4.69, 9.17) is 21.1 Å². The van der Waals surface area contributed by atoms with E-state index in [0.29, 0.717) is 0 Å². The summed E-state index contributed by atoms with van der Waals surface area (Å²) in [4.78, 5) is 43.5. The van der Waals surface area contributed by atoms with Crippen LogP contribution in [0.15, 0.2) is 0 Å². The van der Waals surface area contributed by atoms with Gasteiger partial charge in [-0.15, -0.1) is 0 Å². The Morgan fingerprint density at radius 2 is 1.47 bits per heavy atom. The van der Waals surface area contributed by atoms with Gasteiger partial charge in [0, 0.05) is 0 Å². The lowest BCUT2D eigenvalue weighted by atomic mass is 10.2. The molecule has 17 heavy (non-hydrogen) atoms. The highest BCUT2D eigenvalue weighted by Crippen LogP contribution is 2.33. The number of primary amides is 1. The van der Waals surface area contributed by atoms with Gasteiger partial charge in [-0.1, -0.05) is 0 Å². The van der Waals surface area contributed by atoms with Crippen molar-refractivity contribution in [3.05, 3.63) is 0 Å². The number of carboxylic acid groups (broad SMARTS) is 3. The van der Waals surface area contributed by atoms with E-state index in [2.05, 4.69) is 0 Å². The summed E-state index contributed by atoms with van der Waals surface area (Å²) in [6, 6.07) is -4.41. The van der Waals surface area contributed by atoms with E-state index >= 15 is 0 Å². The van der Waals surface area contributed by atoms with Crippen LogP contribution in [0.25, 0.3) is 0 Å². The maximum atomic E-state index is 10.8. The summed E-state index contributed by atoms with van der Waals surface area (Å²) >= 11 is 0. The lowest BCUT2D eigenvalue weighted by molar-refractivity contribution is -0.144. The Balaban J connectivity index is 2.89. The molecule has 1 rings (SSSR count). The van der Waals surface area contributed by atoms with Crippen molar-refractivity contribution < 1.29 is 34.5 Å². The molecule has 0 aromatic heterocycles. The van der Waals surface area contributed by atoms with Crippen molar-refractivity contribution in [2.75, 3.05) is 0 Å². The van der Waals surface area contributed by atoms with E-state index in [1.807, 2.05) is 0 Å². The van der Waals surface area contributed by atoms with Crippen LogP contribution in [0.2, 0.25) is 0 Å². The zero-order chi connectivity index (χ0) is 13.3. The molecule has 94 valence electrons. The molecule has 1 saturated heterocycles. The molecule has 0 aromatic rings. The van der Waals surface area contributed by atoms with E-state index in [9.17, 15) is 19.2 Å². The van der Waals surface area contributed by atoms with E-state index in [1.54, 1.807) is 0 Å². The van der Waals surface area contributed by atoms with Crippen LogP contribution in [0.3, 0.4) is 0 Å². The van der Waals surface area contributed by atoms with Gasteiger partial charge in [0.05, 0.1) is 6.42 Å². The molecule has 1 heterocycles. The summed E-state index contributed by atoms with van der Waals surface area (Å²) in [5.41, 5.74) is 4.82. The van der Waals surface area contributed by atoms with Crippen molar-refractivity contribution in [1.82, 2.24) is 4.90 Å². The summed E-state index contributed by atoms with van der Waals surface area (Å²) in [6.07, 6.45) is -0.636. The summed E-state index contributed by atoms with van der Waals surface area (Å²) in [5.74, 6) is -5.34. The van der Waals surface area contributed by atoms with Gasteiger partial charge < -0.3 is 21.1 Å². The first kappa shape index (κ1) is 12.9. The highest BCUT2D eigenvalue weighted by atomic mass is 16.4. The van der Waals surface area contributed by atoms with Crippen LogP contribution in [0, 0.1) is 0 Å². The molecule has 0 radical (unpaired) electrons. The number of carbonyl (C=O) groups is 4. The predicted octanol–water partition coefficient (Wildman–Crippen LogP) is -2.46. The minimum absolute atomic E-state index is 0.636. The van der Waals surface area contributed by atoms with E-state index in [1.165, 1.54) is 0 Å². The fourth-order valence-corrected chi connectivity index (χ4v) is 1.67. The second kappa shape index (κ2) is 4.37. The largest absolute Gasteiger partial charge is 0.480 e. The minimum Gasteiger partial charge on any atom is -0.480 e. The highest BCUT2D eigenvalue weighted by Gasteiger charge is 2.62. The van der Waals surface area contributed by atoms with Gasteiger partial charge in [-0.05, 0) is 0 Å². The molecule has 1 amide bonds. The number of nitrogens with two attached hydrogens (primary N) is 1. The Kier molecular flexibility index (Phi) is 3.32. The number of carbonyl (C=O) groups excluding carboxylic acids is 1. The first-order valence-electron chi connectivity index (χ1n) is 4.51. The minimum atomic E-state index is -1.53. The fraction of sp³-hybridized carbons (Fsp3) is 0.500. The maximum absolute atomic E-state index is 10.8. The van der Waals surface area contributed by atoms with Crippen molar-refractivity contribution in [1.29, 1.82) is 0 Å². The number of hydrogen-bond donors (Lipinski definition) is 4. The SMILES string of the molecule is NC(=O)C[C@H](C(=O)O)N1C(C(=O)O)C1C(=O)O. The van der Waals surface area contributed by atoms with Crippen molar-refractivity contribution >= 4 is 23.8 Å². The summed E-state index contributed by atoms with van der Waals surface area (Å²) in [5, 5.41) is 26.2. The van der Waals surface area contributed by atoms with Crippen LogP contribution >= 0.6 is 0 Å². The molecule has 2 unspecified atom stereocenters. The van der Waals surface area contributed by atoms with Gasteiger partial charge in [-0.25, -0.2) is 0 Å². The highest BCUT2D eigenvalue weighted by molar-refractivity contribution is 5.94. The van der Waals surface area contributed by atoms with Gasteiger partial charge in [0.2, 0.25) is 5.91 Å². The van der Waals surface area contributed by atoms with Crippen molar-refractivity contribution in [3.63, 3.8) is 0 Å². The van der Waals surface area contributed by atoms with Crippen molar-refractivity contribution in [2.24, 2.45) is 5.73 Å². The number of nitrogens with zero attached hydrogens (tertiary/aromatic N) is 1. The molecule has 0 saturated carbocycles. The van der Waals surface area contributed by atoms with Crippen LogP contribution in [-0.4, -0.2) is 62.2 Å². The smallest absolute Gasteiger partial charge is 0.323 e. The Morgan fingerprint density at radius 1 is 1.06 bits per heavy atom. The van der Waals surface area contributed by atoms with E-state index in [0.717, 1.165) is 4.90 Å². The number of hydrogen-bond acceptors (Lipinski definition) is 5. The molecular formula is C8H10N2O7. The first-order valence-corrected chi connectivity index (χ1v) is 4.51. The summed E-state index contributed by atoms with van der Waals surface area (Å²) in [7, 11) is 0.